The average molecular weight is 323 g/mol. The Morgan fingerprint density at radius 3 is 2.22 bits per heavy atom. The Morgan fingerprint density at radius 1 is 1.09 bits per heavy atom. The van der Waals surface area contributed by atoms with Crippen LogP contribution in [-0.2, 0) is 11.3 Å². The van der Waals surface area contributed by atoms with Crippen molar-refractivity contribution in [2.45, 2.75) is 25.0 Å². The van der Waals surface area contributed by atoms with E-state index in [0.29, 0.717) is 6.61 Å². The van der Waals surface area contributed by atoms with Crippen molar-refractivity contribution in [3.05, 3.63) is 23.8 Å². The third kappa shape index (κ3) is 5.35. The molecule has 2 rings (SSSR count). The quantitative estimate of drug-likeness (QED) is 0.553. The first-order valence-electron chi connectivity index (χ1n) is 8.06. The number of rotatable bonds is 8. The highest BCUT2D eigenvalue weighted by Crippen LogP contribution is 2.25. The summed E-state index contributed by atoms with van der Waals surface area (Å²) in [6.07, 6.45) is 1.86. The van der Waals surface area contributed by atoms with Crippen molar-refractivity contribution < 1.29 is 14.2 Å². The van der Waals surface area contributed by atoms with Crippen molar-refractivity contribution in [2.24, 2.45) is 5.73 Å². The lowest BCUT2D eigenvalue weighted by atomic mass is 9.97. The topological polar surface area (TPSA) is 69.0 Å². The Hall–Kier alpha value is -1.34. The molecule has 1 aromatic rings. The molecule has 6 nitrogen and oxygen atoms in total. The number of hydrogen-bond acceptors (Lipinski definition) is 6. The maximum atomic E-state index is 6.41. The maximum Gasteiger partial charge on any atom is 0.122 e. The van der Waals surface area contributed by atoms with Crippen LogP contribution in [0.4, 0.5) is 0 Å². The number of benzene rings is 1. The summed E-state index contributed by atoms with van der Waals surface area (Å²) in [6, 6.07) is 6.01. The van der Waals surface area contributed by atoms with Gasteiger partial charge in [-0.1, -0.05) is 0 Å². The normalized spacial score (nSPS) is 17.9. The molecular formula is C17H29N3O3. The van der Waals surface area contributed by atoms with Gasteiger partial charge in [0, 0.05) is 39.4 Å². The maximum absolute atomic E-state index is 6.41. The number of piperidine rings is 1. The Kier molecular flexibility index (Phi) is 6.65. The molecule has 0 aliphatic carbocycles. The van der Waals surface area contributed by atoms with Crippen LogP contribution in [0.1, 0.15) is 18.4 Å². The SMILES string of the molecule is COCCNC1(N)CCN(Cc2cc(OC)cc(OC)c2)CC1. The fraction of sp³-hybridized carbons (Fsp3) is 0.647. The second kappa shape index (κ2) is 8.49. The molecule has 0 saturated carbocycles. The van der Waals surface area contributed by atoms with Gasteiger partial charge in [0.25, 0.3) is 0 Å². The summed E-state index contributed by atoms with van der Waals surface area (Å²) in [7, 11) is 5.05. The zero-order chi connectivity index (χ0) is 16.7. The Labute approximate surface area is 138 Å². The fourth-order valence-electron chi connectivity index (χ4n) is 2.90. The standard InChI is InChI=1S/C17H29N3O3/c1-21-9-6-19-17(18)4-7-20(8-5-17)13-14-10-15(22-2)12-16(11-14)23-3/h10-12,19H,4-9,13,18H2,1-3H3. The van der Waals surface area contributed by atoms with E-state index in [1.807, 2.05) is 6.07 Å². The van der Waals surface area contributed by atoms with E-state index in [1.54, 1.807) is 21.3 Å². The molecule has 6 heteroatoms. The molecule has 1 aliphatic heterocycles. The predicted molar refractivity (Wildman–Crippen MR) is 90.9 cm³/mol. The average Bonchev–Trinajstić information content (AvgIpc) is 2.57. The Morgan fingerprint density at radius 2 is 1.70 bits per heavy atom. The van der Waals surface area contributed by atoms with E-state index in [4.69, 9.17) is 19.9 Å². The molecule has 1 fully saturated rings. The van der Waals surface area contributed by atoms with Crippen LogP contribution in [0, 0.1) is 0 Å². The summed E-state index contributed by atoms with van der Waals surface area (Å²) in [4.78, 5) is 2.41. The van der Waals surface area contributed by atoms with Gasteiger partial charge in [0.2, 0.25) is 0 Å². The first-order chi connectivity index (χ1) is 11.1. The van der Waals surface area contributed by atoms with Gasteiger partial charge >= 0.3 is 0 Å². The van der Waals surface area contributed by atoms with Gasteiger partial charge in [-0.2, -0.15) is 0 Å². The Balaban J connectivity index is 1.88. The number of nitrogens with two attached hydrogens (primary N) is 1. The molecule has 130 valence electrons. The summed E-state index contributed by atoms with van der Waals surface area (Å²) < 4.78 is 15.7. The summed E-state index contributed by atoms with van der Waals surface area (Å²) in [5, 5.41) is 3.41. The van der Waals surface area contributed by atoms with Crippen LogP contribution in [0.25, 0.3) is 0 Å². The van der Waals surface area contributed by atoms with E-state index < -0.39 is 0 Å². The first-order valence-corrected chi connectivity index (χ1v) is 8.06. The van der Waals surface area contributed by atoms with Crippen LogP contribution in [0.2, 0.25) is 0 Å². The van der Waals surface area contributed by atoms with Crippen molar-refractivity contribution in [3.8, 4) is 11.5 Å². The van der Waals surface area contributed by atoms with E-state index in [0.717, 1.165) is 50.5 Å². The molecule has 0 unspecified atom stereocenters. The predicted octanol–water partition coefficient (Wildman–Crippen LogP) is 1.19. The van der Waals surface area contributed by atoms with Crippen LogP contribution < -0.4 is 20.5 Å². The lowest BCUT2D eigenvalue weighted by Crippen LogP contribution is -2.60. The molecule has 23 heavy (non-hydrogen) atoms. The third-order valence-corrected chi connectivity index (χ3v) is 4.35. The molecule has 1 aliphatic rings. The van der Waals surface area contributed by atoms with Crippen molar-refractivity contribution in [2.75, 3.05) is 47.6 Å². The van der Waals surface area contributed by atoms with Gasteiger partial charge in [-0.3, -0.25) is 10.2 Å². The van der Waals surface area contributed by atoms with E-state index >= 15 is 0 Å². The second-order valence-corrected chi connectivity index (χ2v) is 6.07. The molecule has 1 saturated heterocycles. The molecule has 3 N–H and O–H groups in total. The van der Waals surface area contributed by atoms with Crippen LogP contribution in [0.15, 0.2) is 18.2 Å². The third-order valence-electron chi connectivity index (χ3n) is 4.35. The number of ether oxygens (including phenoxy) is 3. The molecule has 1 aromatic carbocycles. The van der Waals surface area contributed by atoms with E-state index in [9.17, 15) is 0 Å². The molecule has 1 heterocycles. The number of hydrogen-bond donors (Lipinski definition) is 2. The minimum absolute atomic E-state index is 0.277. The summed E-state index contributed by atoms with van der Waals surface area (Å²) in [6.45, 7) is 4.29. The zero-order valence-corrected chi connectivity index (χ0v) is 14.4. The van der Waals surface area contributed by atoms with Gasteiger partial charge in [-0.05, 0) is 30.5 Å². The van der Waals surface area contributed by atoms with Crippen LogP contribution in [0.3, 0.4) is 0 Å². The van der Waals surface area contributed by atoms with Crippen LogP contribution in [-0.4, -0.2) is 58.1 Å². The monoisotopic (exact) mass is 323 g/mol. The van der Waals surface area contributed by atoms with E-state index in [-0.39, 0.29) is 5.66 Å². The van der Waals surface area contributed by atoms with Crippen LogP contribution >= 0.6 is 0 Å². The van der Waals surface area contributed by atoms with E-state index in [1.165, 1.54) is 5.56 Å². The Bertz CT molecular complexity index is 466. The molecule has 0 bridgehead atoms. The van der Waals surface area contributed by atoms with Gasteiger partial charge in [-0.25, -0.2) is 0 Å². The van der Waals surface area contributed by atoms with Gasteiger partial charge < -0.3 is 19.9 Å². The lowest BCUT2D eigenvalue weighted by Gasteiger charge is -2.40. The van der Waals surface area contributed by atoms with Gasteiger partial charge in [0.15, 0.2) is 0 Å². The van der Waals surface area contributed by atoms with Crippen molar-refractivity contribution >= 4 is 0 Å². The smallest absolute Gasteiger partial charge is 0.122 e. The lowest BCUT2D eigenvalue weighted by molar-refractivity contribution is 0.120. The molecule has 0 amide bonds. The first kappa shape index (κ1) is 18.0. The van der Waals surface area contributed by atoms with Crippen molar-refractivity contribution in [3.63, 3.8) is 0 Å². The number of methoxy groups -OCH3 is 3. The van der Waals surface area contributed by atoms with Crippen molar-refractivity contribution in [1.29, 1.82) is 0 Å². The fourth-order valence-corrected chi connectivity index (χ4v) is 2.90. The summed E-state index contributed by atoms with van der Waals surface area (Å²) >= 11 is 0. The highest BCUT2D eigenvalue weighted by atomic mass is 16.5. The van der Waals surface area contributed by atoms with E-state index in [2.05, 4.69) is 22.3 Å². The molecule has 0 radical (unpaired) electrons. The molecule has 0 atom stereocenters. The second-order valence-electron chi connectivity index (χ2n) is 6.07. The van der Waals surface area contributed by atoms with Crippen molar-refractivity contribution in [1.82, 2.24) is 10.2 Å². The summed E-state index contributed by atoms with van der Waals surface area (Å²) in [5.74, 6) is 1.65. The summed E-state index contributed by atoms with van der Waals surface area (Å²) in [5.41, 5.74) is 7.33. The van der Waals surface area contributed by atoms with Gasteiger partial charge in [0.1, 0.15) is 11.5 Å². The molecule has 0 aromatic heterocycles. The minimum atomic E-state index is -0.277. The molecule has 0 spiro atoms. The zero-order valence-electron chi connectivity index (χ0n) is 14.4. The molecular weight excluding hydrogens is 294 g/mol. The highest BCUT2D eigenvalue weighted by molar-refractivity contribution is 5.38. The number of nitrogens with one attached hydrogen (secondary N) is 1. The van der Waals surface area contributed by atoms with Gasteiger partial charge in [0.05, 0.1) is 26.5 Å². The number of nitrogens with zero attached hydrogens (tertiary/aromatic N) is 1. The number of likely N-dealkylation sites (tertiary alicyclic amines) is 1. The van der Waals surface area contributed by atoms with Gasteiger partial charge in [-0.15, -0.1) is 0 Å². The highest BCUT2D eigenvalue weighted by Gasteiger charge is 2.29. The minimum Gasteiger partial charge on any atom is -0.497 e. The van der Waals surface area contributed by atoms with Crippen LogP contribution in [0.5, 0.6) is 11.5 Å². The largest absolute Gasteiger partial charge is 0.497 e.